The molecule has 2 heterocycles. The van der Waals surface area contributed by atoms with Gasteiger partial charge in [0.1, 0.15) is 0 Å². The van der Waals surface area contributed by atoms with Gasteiger partial charge in [-0.3, -0.25) is 0 Å². The third kappa shape index (κ3) is 1.98. The van der Waals surface area contributed by atoms with Crippen molar-refractivity contribution in [1.82, 2.24) is 0 Å². The Morgan fingerprint density at radius 1 is 0.500 bits per heavy atom. The van der Waals surface area contributed by atoms with E-state index in [2.05, 4.69) is 0 Å². The van der Waals surface area contributed by atoms with Gasteiger partial charge in [0.05, 0.1) is 26.2 Å². The Labute approximate surface area is 74.7 Å². The summed E-state index contributed by atoms with van der Waals surface area (Å²) in [7, 11) is 0. The molecule has 72 valence electrons. The van der Waals surface area contributed by atoms with Gasteiger partial charge in [-0.25, -0.2) is 0 Å². The summed E-state index contributed by atoms with van der Waals surface area (Å²) in [5, 5.41) is 0. The Balaban J connectivity index is 0.000000720. The number of piperidine rings is 2. The Morgan fingerprint density at radius 2 is 0.833 bits per heavy atom. The number of quaternary nitrogens is 1. The molecule has 0 amide bonds. The van der Waals surface area contributed by atoms with Gasteiger partial charge >= 0.3 is 0 Å². The van der Waals surface area contributed by atoms with E-state index >= 15 is 0 Å². The lowest BCUT2D eigenvalue weighted by Gasteiger charge is -2.44. The van der Waals surface area contributed by atoms with Crippen LogP contribution < -0.4 is 4.70 Å². The van der Waals surface area contributed by atoms with Crippen LogP contribution in [0.1, 0.15) is 38.5 Å². The van der Waals surface area contributed by atoms with Crippen molar-refractivity contribution in [1.29, 1.82) is 0 Å². The van der Waals surface area contributed by atoms with Crippen LogP contribution in [0.15, 0.2) is 0 Å². The summed E-state index contributed by atoms with van der Waals surface area (Å²) in [6.45, 7) is 6.00. The molecule has 0 saturated carbocycles. The molecular formula is C10H20FN. The molecule has 2 saturated heterocycles. The normalized spacial score (nSPS) is 28.0. The molecule has 0 N–H and O–H groups in total. The minimum Gasteiger partial charge on any atom is -1.00 e. The van der Waals surface area contributed by atoms with Gasteiger partial charge in [-0.2, -0.15) is 0 Å². The molecule has 2 aliphatic heterocycles. The highest BCUT2D eigenvalue weighted by atomic mass is 19.0. The summed E-state index contributed by atoms with van der Waals surface area (Å²) >= 11 is 0. The first kappa shape index (κ1) is 9.97. The maximum Gasteiger partial charge on any atom is 0.0786 e. The van der Waals surface area contributed by atoms with Crippen molar-refractivity contribution in [2.75, 3.05) is 26.2 Å². The minimum absolute atomic E-state index is 0. The first-order valence-electron chi connectivity index (χ1n) is 5.26. The van der Waals surface area contributed by atoms with Gasteiger partial charge in [-0.15, -0.1) is 0 Å². The molecule has 1 spiro atoms. The molecule has 2 fully saturated rings. The van der Waals surface area contributed by atoms with E-state index in [0.29, 0.717) is 0 Å². The van der Waals surface area contributed by atoms with Gasteiger partial charge in [0.15, 0.2) is 0 Å². The lowest BCUT2D eigenvalue weighted by atomic mass is 10.0. The van der Waals surface area contributed by atoms with Crippen LogP contribution in [0.5, 0.6) is 0 Å². The van der Waals surface area contributed by atoms with Crippen molar-refractivity contribution >= 4 is 0 Å². The van der Waals surface area contributed by atoms with Gasteiger partial charge in [-0.1, -0.05) is 0 Å². The fourth-order valence-corrected chi connectivity index (χ4v) is 2.81. The molecule has 0 radical (unpaired) electrons. The van der Waals surface area contributed by atoms with Crippen LogP contribution in [0, 0.1) is 0 Å². The monoisotopic (exact) mass is 173 g/mol. The Morgan fingerprint density at radius 3 is 1.17 bits per heavy atom. The number of hydrogen-bond acceptors (Lipinski definition) is 0. The Hall–Kier alpha value is -0.110. The molecule has 1 nitrogen and oxygen atoms in total. The van der Waals surface area contributed by atoms with Crippen molar-refractivity contribution < 1.29 is 9.19 Å². The molecule has 2 heteroatoms. The van der Waals surface area contributed by atoms with Gasteiger partial charge in [0.25, 0.3) is 0 Å². The quantitative estimate of drug-likeness (QED) is 0.420. The molecule has 0 bridgehead atoms. The summed E-state index contributed by atoms with van der Waals surface area (Å²) in [5.74, 6) is 0. The predicted octanol–water partition coefficient (Wildman–Crippen LogP) is -0.825. The molecule has 0 unspecified atom stereocenters. The van der Waals surface area contributed by atoms with Crippen LogP contribution in [0.2, 0.25) is 0 Å². The summed E-state index contributed by atoms with van der Waals surface area (Å²) in [6, 6.07) is 0. The molecule has 2 aliphatic rings. The number of rotatable bonds is 0. The van der Waals surface area contributed by atoms with E-state index < -0.39 is 0 Å². The summed E-state index contributed by atoms with van der Waals surface area (Å²) < 4.78 is 1.50. The van der Waals surface area contributed by atoms with Gasteiger partial charge in [-0.05, 0) is 38.5 Å². The lowest BCUT2D eigenvalue weighted by molar-refractivity contribution is -0.936. The van der Waals surface area contributed by atoms with Gasteiger partial charge in [0.2, 0.25) is 0 Å². The standard InChI is InChI=1S/C10H20N.FH/c1-3-7-11(8-4-1)9-5-2-6-10-11;/h1-10H2;1H/q+1;/p-1. The maximum atomic E-state index is 1.50. The topological polar surface area (TPSA) is 0 Å². The van der Waals surface area contributed by atoms with E-state index in [1.54, 1.807) is 0 Å². The van der Waals surface area contributed by atoms with Crippen molar-refractivity contribution in [3.05, 3.63) is 0 Å². The largest absolute Gasteiger partial charge is 1.00 e. The summed E-state index contributed by atoms with van der Waals surface area (Å²) in [5.41, 5.74) is 0. The second-order valence-electron chi connectivity index (χ2n) is 4.36. The zero-order valence-electron chi connectivity index (χ0n) is 7.90. The van der Waals surface area contributed by atoms with Gasteiger partial charge in [0, 0.05) is 0 Å². The van der Waals surface area contributed by atoms with Crippen LogP contribution in [-0.4, -0.2) is 30.7 Å². The Bertz CT molecular complexity index is 104. The van der Waals surface area contributed by atoms with Crippen LogP contribution in [-0.2, 0) is 0 Å². The van der Waals surface area contributed by atoms with Crippen molar-refractivity contribution in [3.63, 3.8) is 0 Å². The van der Waals surface area contributed by atoms with E-state index in [-0.39, 0.29) is 4.70 Å². The number of nitrogens with zero attached hydrogens (tertiary/aromatic N) is 1. The fourth-order valence-electron chi connectivity index (χ4n) is 2.81. The van der Waals surface area contributed by atoms with Crippen molar-refractivity contribution in [2.45, 2.75) is 38.5 Å². The van der Waals surface area contributed by atoms with Crippen LogP contribution >= 0.6 is 0 Å². The predicted molar refractivity (Wildman–Crippen MR) is 47.4 cm³/mol. The fraction of sp³-hybridized carbons (Fsp3) is 1.00. The van der Waals surface area contributed by atoms with E-state index in [4.69, 9.17) is 0 Å². The molecular weight excluding hydrogens is 153 g/mol. The molecule has 0 aliphatic carbocycles. The Kier molecular flexibility index (Phi) is 3.51. The van der Waals surface area contributed by atoms with E-state index in [9.17, 15) is 0 Å². The van der Waals surface area contributed by atoms with E-state index in [0.717, 1.165) is 0 Å². The highest BCUT2D eigenvalue weighted by Crippen LogP contribution is 2.24. The van der Waals surface area contributed by atoms with E-state index in [1.807, 2.05) is 0 Å². The second-order valence-corrected chi connectivity index (χ2v) is 4.36. The summed E-state index contributed by atoms with van der Waals surface area (Å²) in [4.78, 5) is 0. The molecule has 2 rings (SSSR count). The molecule has 0 atom stereocenters. The minimum atomic E-state index is 0. The van der Waals surface area contributed by atoms with Crippen molar-refractivity contribution in [3.8, 4) is 0 Å². The first-order chi connectivity index (χ1) is 5.41. The van der Waals surface area contributed by atoms with Gasteiger partial charge < -0.3 is 9.19 Å². The second kappa shape index (κ2) is 4.22. The van der Waals surface area contributed by atoms with Crippen molar-refractivity contribution in [2.24, 2.45) is 0 Å². The summed E-state index contributed by atoms with van der Waals surface area (Å²) in [6.07, 6.45) is 9.00. The molecule has 0 aromatic carbocycles. The highest BCUT2D eigenvalue weighted by Gasteiger charge is 2.30. The highest BCUT2D eigenvalue weighted by molar-refractivity contribution is 4.59. The van der Waals surface area contributed by atoms with Crippen LogP contribution in [0.3, 0.4) is 0 Å². The van der Waals surface area contributed by atoms with E-state index in [1.165, 1.54) is 69.2 Å². The average Bonchev–Trinajstić information content (AvgIpc) is 2.07. The van der Waals surface area contributed by atoms with Crippen LogP contribution in [0.4, 0.5) is 0 Å². The first-order valence-corrected chi connectivity index (χ1v) is 5.26. The number of hydrogen-bond donors (Lipinski definition) is 0. The molecule has 0 aromatic rings. The third-order valence-corrected chi connectivity index (χ3v) is 3.53. The zero-order chi connectivity index (χ0) is 7.57. The lowest BCUT2D eigenvalue weighted by Crippen LogP contribution is -3.00. The SMILES string of the molecule is C1CC[N+]2(CC1)CCCCC2.[F-]. The zero-order valence-corrected chi connectivity index (χ0v) is 7.90. The average molecular weight is 173 g/mol. The molecule has 12 heavy (non-hydrogen) atoms. The third-order valence-electron chi connectivity index (χ3n) is 3.53. The van der Waals surface area contributed by atoms with Crippen LogP contribution in [0.25, 0.3) is 0 Å². The number of halogens is 1. The maximum absolute atomic E-state index is 1.50. The smallest absolute Gasteiger partial charge is 0.0786 e. The molecule has 0 aromatic heterocycles.